The monoisotopic (exact) mass is 339 g/mol. The molecule has 23 heavy (non-hydrogen) atoms. The average molecular weight is 339 g/mol. The molecule has 0 fully saturated rings. The van der Waals surface area contributed by atoms with Crippen molar-refractivity contribution in [3.8, 4) is 11.5 Å². The van der Waals surface area contributed by atoms with Gasteiger partial charge in [0.15, 0.2) is 18.1 Å². The van der Waals surface area contributed by atoms with E-state index < -0.39 is 5.97 Å². The third-order valence-electron chi connectivity index (χ3n) is 3.21. The van der Waals surface area contributed by atoms with E-state index in [0.29, 0.717) is 23.8 Å². The summed E-state index contributed by atoms with van der Waals surface area (Å²) in [6.07, 6.45) is 0.812. The molecule has 0 atom stereocenters. The molecule has 0 saturated carbocycles. The van der Waals surface area contributed by atoms with E-state index in [-0.39, 0.29) is 23.9 Å². The Labute approximate surface area is 139 Å². The molecule has 1 amide bonds. The topological polar surface area (TPSA) is 84.9 Å². The number of nitrogens with one attached hydrogen (secondary N) is 1. The van der Waals surface area contributed by atoms with E-state index in [2.05, 4.69) is 5.32 Å². The smallest absolute Gasteiger partial charge is 0.313 e. The Morgan fingerprint density at radius 3 is 2.96 bits per heavy atom. The van der Waals surface area contributed by atoms with Crippen molar-refractivity contribution < 1.29 is 24.2 Å². The first-order valence-corrected chi connectivity index (χ1v) is 8.53. The lowest BCUT2D eigenvalue weighted by Gasteiger charge is -2.18. The number of carboxylic acid groups (broad SMARTS) is 1. The van der Waals surface area contributed by atoms with Gasteiger partial charge in [0.25, 0.3) is 5.91 Å². The first-order valence-electron chi connectivity index (χ1n) is 7.37. The second kappa shape index (κ2) is 7.59. The van der Waals surface area contributed by atoms with E-state index in [1.807, 2.05) is 26.0 Å². The molecule has 0 aliphatic carbocycles. The van der Waals surface area contributed by atoms with Crippen molar-refractivity contribution in [2.75, 3.05) is 24.7 Å². The summed E-state index contributed by atoms with van der Waals surface area (Å²) in [6.45, 7) is 4.34. The summed E-state index contributed by atoms with van der Waals surface area (Å²) in [5, 5.41) is 11.2. The predicted octanol–water partition coefficient (Wildman–Crippen LogP) is 1.71. The molecule has 1 heterocycles. The Balaban J connectivity index is 1.76. The van der Waals surface area contributed by atoms with E-state index >= 15 is 0 Å². The van der Waals surface area contributed by atoms with Crippen LogP contribution in [0, 0.1) is 0 Å². The van der Waals surface area contributed by atoms with Gasteiger partial charge in [0, 0.05) is 24.3 Å². The lowest BCUT2D eigenvalue weighted by Crippen LogP contribution is -2.31. The van der Waals surface area contributed by atoms with Crippen molar-refractivity contribution in [3.63, 3.8) is 0 Å². The standard InChI is InChI=1S/C16H21NO5S/c1-16(2)8-11-4-3-5-12(15(11)22-16)21-9-13(18)17-6-7-23-10-14(19)20/h3-5H,6-10H2,1-2H3,(H,17,18)(H,19,20). The SMILES string of the molecule is CC1(C)Cc2cccc(OCC(=O)NCCSCC(=O)O)c2O1. The first kappa shape index (κ1) is 17.5. The highest BCUT2D eigenvalue weighted by Crippen LogP contribution is 2.41. The molecular weight excluding hydrogens is 318 g/mol. The van der Waals surface area contributed by atoms with Crippen LogP contribution in [0.1, 0.15) is 19.4 Å². The number of rotatable bonds is 8. The van der Waals surface area contributed by atoms with Gasteiger partial charge >= 0.3 is 5.97 Å². The summed E-state index contributed by atoms with van der Waals surface area (Å²) in [6, 6.07) is 5.67. The maximum absolute atomic E-state index is 11.7. The molecule has 0 spiro atoms. The lowest BCUT2D eigenvalue weighted by atomic mass is 10.0. The van der Waals surface area contributed by atoms with Crippen molar-refractivity contribution in [3.05, 3.63) is 23.8 Å². The van der Waals surface area contributed by atoms with Crippen molar-refractivity contribution in [1.29, 1.82) is 0 Å². The third kappa shape index (κ3) is 5.35. The maximum atomic E-state index is 11.7. The number of amides is 1. The molecule has 0 saturated heterocycles. The predicted molar refractivity (Wildman–Crippen MR) is 88.3 cm³/mol. The number of hydrogen-bond donors (Lipinski definition) is 2. The lowest BCUT2D eigenvalue weighted by molar-refractivity contribution is -0.133. The van der Waals surface area contributed by atoms with Crippen LogP contribution in [0.3, 0.4) is 0 Å². The fraction of sp³-hybridized carbons (Fsp3) is 0.500. The Hall–Kier alpha value is -1.89. The summed E-state index contributed by atoms with van der Waals surface area (Å²) in [7, 11) is 0. The Morgan fingerprint density at radius 1 is 1.43 bits per heavy atom. The van der Waals surface area contributed by atoms with Gasteiger partial charge in [-0.1, -0.05) is 12.1 Å². The highest BCUT2D eigenvalue weighted by atomic mass is 32.2. The number of benzene rings is 1. The average Bonchev–Trinajstić information content (AvgIpc) is 2.78. The minimum absolute atomic E-state index is 0.0373. The van der Waals surface area contributed by atoms with Crippen LogP contribution in [-0.4, -0.2) is 47.2 Å². The van der Waals surface area contributed by atoms with Crippen molar-refractivity contribution in [1.82, 2.24) is 5.32 Å². The summed E-state index contributed by atoms with van der Waals surface area (Å²) >= 11 is 1.26. The van der Waals surface area contributed by atoms with Gasteiger partial charge in [0.1, 0.15) is 5.60 Å². The molecule has 6 nitrogen and oxygen atoms in total. The fourth-order valence-electron chi connectivity index (χ4n) is 2.32. The molecule has 2 N–H and O–H groups in total. The van der Waals surface area contributed by atoms with Crippen LogP contribution in [0.2, 0.25) is 0 Å². The van der Waals surface area contributed by atoms with E-state index in [1.54, 1.807) is 6.07 Å². The summed E-state index contributed by atoms with van der Waals surface area (Å²) in [4.78, 5) is 22.1. The molecule has 0 aromatic heterocycles. The number of para-hydroxylation sites is 1. The first-order chi connectivity index (χ1) is 10.9. The van der Waals surface area contributed by atoms with Gasteiger partial charge < -0.3 is 19.9 Å². The van der Waals surface area contributed by atoms with Gasteiger partial charge in [0.05, 0.1) is 5.75 Å². The molecule has 2 rings (SSSR count). The van der Waals surface area contributed by atoms with Gasteiger partial charge in [-0.3, -0.25) is 9.59 Å². The second-order valence-corrected chi connectivity index (χ2v) is 6.97. The third-order valence-corrected chi connectivity index (χ3v) is 4.15. The minimum atomic E-state index is -0.856. The summed E-state index contributed by atoms with van der Waals surface area (Å²) < 4.78 is 11.4. The number of hydrogen-bond acceptors (Lipinski definition) is 5. The number of aliphatic carboxylic acids is 1. The van der Waals surface area contributed by atoms with Crippen LogP contribution >= 0.6 is 11.8 Å². The number of carboxylic acids is 1. The number of ether oxygens (including phenoxy) is 2. The van der Waals surface area contributed by atoms with Gasteiger partial charge in [-0.25, -0.2) is 0 Å². The second-order valence-electron chi connectivity index (χ2n) is 5.87. The van der Waals surface area contributed by atoms with Crippen molar-refractivity contribution in [2.45, 2.75) is 25.9 Å². The molecule has 0 bridgehead atoms. The Bertz CT molecular complexity index is 588. The Kier molecular flexibility index (Phi) is 5.76. The molecule has 1 aliphatic rings. The van der Waals surface area contributed by atoms with Gasteiger partial charge in [-0.2, -0.15) is 0 Å². The van der Waals surface area contributed by atoms with E-state index in [0.717, 1.165) is 12.0 Å². The minimum Gasteiger partial charge on any atom is -0.483 e. The van der Waals surface area contributed by atoms with Crippen LogP contribution in [0.4, 0.5) is 0 Å². The maximum Gasteiger partial charge on any atom is 0.313 e. The molecular formula is C16H21NO5S. The number of carbonyl (C=O) groups is 2. The van der Waals surface area contributed by atoms with Crippen LogP contribution in [0.15, 0.2) is 18.2 Å². The quantitative estimate of drug-likeness (QED) is 0.702. The highest BCUT2D eigenvalue weighted by Gasteiger charge is 2.32. The summed E-state index contributed by atoms with van der Waals surface area (Å²) in [5.41, 5.74) is 0.823. The summed E-state index contributed by atoms with van der Waals surface area (Å²) in [5.74, 6) is 0.776. The zero-order chi connectivity index (χ0) is 16.9. The molecule has 1 aromatic carbocycles. The van der Waals surface area contributed by atoms with E-state index in [4.69, 9.17) is 14.6 Å². The molecule has 7 heteroatoms. The van der Waals surface area contributed by atoms with Crippen LogP contribution < -0.4 is 14.8 Å². The van der Waals surface area contributed by atoms with E-state index in [9.17, 15) is 9.59 Å². The number of carbonyl (C=O) groups excluding carboxylic acids is 1. The molecule has 0 radical (unpaired) electrons. The van der Waals surface area contributed by atoms with Crippen LogP contribution in [0.25, 0.3) is 0 Å². The van der Waals surface area contributed by atoms with Gasteiger partial charge in [0.2, 0.25) is 0 Å². The normalized spacial score (nSPS) is 14.7. The number of fused-ring (bicyclic) bond motifs is 1. The highest BCUT2D eigenvalue weighted by molar-refractivity contribution is 7.99. The largest absolute Gasteiger partial charge is 0.483 e. The van der Waals surface area contributed by atoms with Gasteiger partial charge in [-0.05, 0) is 19.9 Å². The number of thioether (sulfide) groups is 1. The van der Waals surface area contributed by atoms with Crippen LogP contribution in [0.5, 0.6) is 11.5 Å². The molecule has 1 aliphatic heterocycles. The van der Waals surface area contributed by atoms with E-state index in [1.165, 1.54) is 11.8 Å². The fourth-order valence-corrected chi connectivity index (χ4v) is 2.88. The van der Waals surface area contributed by atoms with Crippen molar-refractivity contribution in [2.24, 2.45) is 0 Å². The van der Waals surface area contributed by atoms with Crippen LogP contribution in [-0.2, 0) is 16.0 Å². The molecule has 126 valence electrons. The molecule has 0 unspecified atom stereocenters. The zero-order valence-electron chi connectivity index (χ0n) is 13.3. The van der Waals surface area contributed by atoms with Gasteiger partial charge in [-0.15, -0.1) is 11.8 Å². The van der Waals surface area contributed by atoms with Crippen molar-refractivity contribution >= 4 is 23.6 Å². The zero-order valence-corrected chi connectivity index (χ0v) is 14.1. The Morgan fingerprint density at radius 2 is 2.22 bits per heavy atom. The molecule has 1 aromatic rings.